The molecular formula is C7H9ClF2N2O. The molecule has 0 aliphatic rings. The third kappa shape index (κ3) is 5.36. The first-order valence-electron chi connectivity index (χ1n) is 3.60. The van der Waals surface area contributed by atoms with E-state index in [2.05, 4.69) is 0 Å². The van der Waals surface area contributed by atoms with Crippen molar-refractivity contribution in [2.24, 2.45) is 0 Å². The summed E-state index contributed by atoms with van der Waals surface area (Å²) in [5, 5.41) is 8.20. The highest BCUT2D eigenvalue weighted by Crippen LogP contribution is 2.01. The van der Waals surface area contributed by atoms with Gasteiger partial charge in [0.2, 0.25) is 5.91 Å². The average molecular weight is 211 g/mol. The fourth-order valence-corrected chi connectivity index (χ4v) is 0.923. The highest BCUT2D eigenvalue weighted by Gasteiger charge is 2.16. The number of amides is 1. The third-order valence-corrected chi connectivity index (χ3v) is 1.55. The Bertz CT molecular complexity index is 205. The van der Waals surface area contributed by atoms with Gasteiger partial charge in [0.25, 0.3) is 6.43 Å². The fraction of sp³-hybridized carbons (Fsp3) is 0.714. The molecule has 0 aromatic carbocycles. The van der Waals surface area contributed by atoms with Crippen LogP contribution in [0.4, 0.5) is 8.78 Å². The van der Waals surface area contributed by atoms with Gasteiger partial charge in [-0.1, -0.05) is 0 Å². The lowest BCUT2D eigenvalue weighted by Gasteiger charge is -2.19. The minimum absolute atomic E-state index is 0.00634. The second-order valence-electron chi connectivity index (χ2n) is 2.27. The van der Waals surface area contributed by atoms with Crippen LogP contribution in [-0.4, -0.2) is 36.2 Å². The van der Waals surface area contributed by atoms with E-state index in [0.29, 0.717) is 0 Å². The van der Waals surface area contributed by atoms with Crippen LogP contribution in [-0.2, 0) is 4.79 Å². The monoisotopic (exact) mass is 210 g/mol. The van der Waals surface area contributed by atoms with Crippen molar-refractivity contribution in [1.29, 1.82) is 5.26 Å². The highest BCUT2D eigenvalue weighted by molar-refractivity contribution is 6.27. The number of rotatable bonds is 5. The van der Waals surface area contributed by atoms with E-state index < -0.39 is 18.9 Å². The van der Waals surface area contributed by atoms with Crippen molar-refractivity contribution in [2.45, 2.75) is 12.8 Å². The second-order valence-corrected chi connectivity index (χ2v) is 2.54. The highest BCUT2D eigenvalue weighted by atomic mass is 35.5. The molecule has 0 bridgehead atoms. The SMILES string of the molecule is N#CCCN(CC(F)F)C(=O)CCl. The van der Waals surface area contributed by atoms with Gasteiger partial charge in [-0.3, -0.25) is 4.79 Å². The van der Waals surface area contributed by atoms with Gasteiger partial charge < -0.3 is 4.90 Å². The number of carbonyl (C=O) groups is 1. The molecule has 0 aliphatic carbocycles. The zero-order valence-corrected chi connectivity index (χ0v) is 7.60. The maximum Gasteiger partial charge on any atom is 0.255 e. The van der Waals surface area contributed by atoms with Crippen molar-refractivity contribution in [1.82, 2.24) is 4.90 Å². The van der Waals surface area contributed by atoms with Crippen LogP contribution < -0.4 is 0 Å². The van der Waals surface area contributed by atoms with Crippen LogP contribution in [0.15, 0.2) is 0 Å². The Labute approximate surface area is 79.9 Å². The van der Waals surface area contributed by atoms with E-state index in [1.54, 1.807) is 6.07 Å². The molecule has 0 N–H and O–H groups in total. The van der Waals surface area contributed by atoms with E-state index >= 15 is 0 Å². The number of hydrogen-bond donors (Lipinski definition) is 0. The molecule has 0 aliphatic heterocycles. The molecule has 0 fully saturated rings. The summed E-state index contributed by atoms with van der Waals surface area (Å²) in [6, 6.07) is 1.77. The second kappa shape index (κ2) is 6.61. The summed E-state index contributed by atoms with van der Waals surface area (Å²) in [7, 11) is 0. The van der Waals surface area contributed by atoms with Crippen molar-refractivity contribution in [2.75, 3.05) is 19.0 Å². The van der Waals surface area contributed by atoms with E-state index in [9.17, 15) is 13.6 Å². The molecule has 13 heavy (non-hydrogen) atoms. The van der Waals surface area contributed by atoms with Gasteiger partial charge in [-0.05, 0) is 0 Å². The standard InChI is InChI=1S/C7H9ClF2N2O/c8-4-7(13)12(3-1-2-11)5-6(9)10/h6H,1,3-5H2. The van der Waals surface area contributed by atoms with Crippen molar-refractivity contribution >= 4 is 17.5 Å². The van der Waals surface area contributed by atoms with Crippen LogP contribution in [0.5, 0.6) is 0 Å². The fourth-order valence-electron chi connectivity index (χ4n) is 0.754. The van der Waals surface area contributed by atoms with Crippen LogP contribution >= 0.6 is 11.6 Å². The van der Waals surface area contributed by atoms with Gasteiger partial charge in [0.05, 0.1) is 19.0 Å². The number of nitrogens with zero attached hydrogens (tertiary/aromatic N) is 2. The lowest BCUT2D eigenvalue weighted by molar-refractivity contribution is -0.130. The van der Waals surface area contributed by atoms with Gasteiger partial charge in [-0.15, -0.1) is 11.6 Å². The lowest BCUT2D eigenvalue weighted by Crippen LogP contribution is -2.36. The number of halogens is 3. The summed E-state index contributed by atoms with van der Waals surface area (Å²) < 4.78 is 23.8. The summed E-state index contributed by atoms with van der Waals surface area (Å²) in [5.74, 6) is -0.907. The molecule has 0 spiro atoms. The van der Waals surface area contributed by atoms with E-state index in [0.717, 1.165) is 4.90 Å². The zero-order chi connectivity index (χ0) is 10.3. The molecule has 0 aromatic rings. The maximum atomic E-state index is 11.9. The molecule has 0 saturated carbocycles. The average Bonchev–Trinajstić information content (AvgIpc) is 2.10. The number of nitriles is 1. The molecular weight excluding hydrogens is 202 g/mol. The predicted molar refractivity (Wildman–Crippen MR) is 43.5 cm³/mol. The summed E-state index contributed by atoms with van der Waals surface area (Å²) in [6.07, 6.45) is -2.55. The molecule has 0 radical (unpaired) electrons. The van der Waals surface area contributed by atoms with Crippen LogP contribution in [0, 0.1) is 11.3 Å². The summed E-state index contributed by atoms with van der Waals surface area (Å²) >= 11 is 5.19. The van der Waals surface area contributed by atoms with Crippen LogP contribution in [0.2, 0.25) is 0 Å². The Kier molecular flexibility index (Phi) is 6.15. The minimum Gasteiger partial charge on any atom is -0.335 e. The van der Waals surface area contributed by atoms with E-state index in [4.69, 9.17) is 16.9 Å². The molecule has 6 heteroatoms. The van der Waals surface area contributed by atoms with Crippen molar-refractivity contribution < 1.29 is 13.6 Å². The summed E-state index contributed by atoms with van der Waals surface area (Å²) in [5.41, 5.74) is 0. The molecule has 1 amide bonds. The Hall–Kier alpha value is -0.890. The van der Waals surface area contributed by atoms with Crippen LogP contribution in [0.3, 0.4) is 0 Å². The first-order chi connectivity index (χ1) is 6.11. The van der Waals surface area contributed by atoms with Crippen molar-refractivity contribution in [3.63, 3.8) is 0 Å². The third-order valence-electron chi connectivity index (χ3n) is 1.32. The molecule has 0 atom stereocenters. The molecule has 0 rings (SSSR count). The van der Waals surface area contributed by atoms with E-state index in [1.165, 1.54) is 0 Å². The smallest absolute Gasteiger partial charge is 0.255 e. The summed E-state index contributed by atoms with van der Waals surface area (Å²) in [6.45, 7) is -0.653. The molecule has 0 heterocycles. The van der Waals surface area contributed by atoms with Crippen LogP contribution in [0.1, 0.15) is 6.42 Å². The van der Waals surface area contributed by atoms with Gasteiger partial charge >= 0.3 is 0 Å². The van der Waals surface area contributed by atoms with Crippen molar-refractivity contribution in [3.05, 3.63) is 0 Å². The number of hydrogen-bond acceptors (Lipinski definition) is 2. The van der Waals surface area contributed by atoms with Crippen LogP contribution in [0.25, 0.3) is 0 Å². The quantitative estimate of drug-likeness (QED) is 0.641. The van der Waals surface area contributed by atoms with Gasteiger partial charge in [-0.2, -0.15) is 5.26 Å². The normalized spacial score (nSPS) is 9.77. The van der Waals surface area contributed by atoms with Crippen molar-refractivity contribution in [3.8, 4) is 6.07 Å². The Morgan fingerprint density at radius 2 is 2.23 bits per heavy atom. The maximum absolute atomic E-state index is 11.9. The van der Waals surface area contributed by atoms with Gasteiger partial charge in [-0.25, -0.2) is 8.78 Å². The minimum atomic E-state index is -2.59. The lowest BCUT2D eigenvalue weighted by atomic mass is 10.4. The van der Waals surface area contributed by atoms with Gasteiger partial charge in [0.15, 0.2) is 0 Å². The zero-order valence-electron chi connectivity index (χ0n) is 6.84. The molecule has 0 unspecified atom stereocenters. The molecule has 0 saturated heterocycles. The first kappa shape index (κ1) is 12.1. The molecule has 3 nitrogen and oxygen atoms in total. The number of carbonyl (C=O) groups excluding carboxylic acids is 1. The predicted octanol–water partition coefficient (Wildman–Crippen LogP) is 1.23. The first-order valence-corrected chi connectivity index (χ1v) is 4.14. The Balaban J connectivity index is 4.04. The van der Waals surface area contributed by atoms with Gasteiger partial charge in [0, 0.05) is 6.54 Å². The van der Waals surface area contributed by atoms with Gasteiger partial charge in [0.1, 0.15) is 5.88 Å². The van der Waals surface area contributed by atoms with E-state index in [1.807, 2.05) is 0 Å². The Morgan fingerprint density at radius 1 is 1.62 bits per heavy atom. The summed E-state index contributed by atoms with van der Waals surface area (Å²) in [4.78, 5) is 11.8. The Morgan fingerprint density at radius 3 is 2.62 bits per heavy atom. The number of alkyl halides is 3. The largest absolute Gasteiger partial charge is 0.335 e. The topological polar surface area (TPSA) is 44.1 Å². The molecule has 0 aromatic heterocycles. The molecule has 74 valence electrons. The van der Waals surface area contributed by atoms with E-state index in [-0.39, 0.29) is 18.8 Å².